The molecule has 0 spiro atoms. The van der Waals surface area contributed by atoms with Crippen molar-refractivity contribution >= 4 is 22.8 Å². The number of carboxylic acids is 1. The minimum atomic E-state index is -0.870. The molecule has 1 aromatic carbocycles. The summed E-state index contributed by atoms with van der Waals surface area (Å²) in [7, 11) is 0. The quantitative estimate of drug-likeness (QED) is 0.873. The third kappa shape index (κ3) is 2.66. The van der Waals surface area contributed by atoms with Gasteiger partial charge in [0.05, 0.1) is 5.52 Å². The van der Waals surface area contributed by atoms with Crippen LogP contribution in [0.5, 0.6) is 0 Å². The molecule has 2 aromatic rings. The lowest BCUT2D eigenvalue weighted by Crippen LogP contribution is -2.63. The SMILES string of the molecule is O=C(c1ccc2ncccc2c1)N1CC[C@H]2NCCC[C@]2(C(=O)O)C1. The zero-order valence-electron chi connectivity index (χ0n) is 13.9. The number of amides is 1. The molecule has 2 atom stereocenters. The van der Waals surface area contributed by atoms with E-state index in [4.69, 9.17) is 0 Å². The van der Waals surface area contributed by atoms with Crippen LogP contribution in [0, 0.1) is 5.41 Å². The fourth-order valence-electron chi connectivity index (χ4n) is 4.21. The summed E-state index contributed by atoms with van der Waals surface area (Å²) in [5.74, 6) is -0.902. The molecule has 1 amide bonds. The molecule has 2 fully saturated rings. The number of benzene rings is 1. The van der Waals surface area contributed by atoms with E-state index in [1.54, 1.807) is 17.2 Å². The van der Waals surface area contributed by atoms with Crippen LogP contribution in [0.2, 0.25) is 0 Å². The number of fused-ring (bicyclic) bond motifs is 2. The standard InChI is InChI=1S/C19H21N3O3/c23-17(14-4-5-15-13(11-14)3-1-8-20-15)22-10-6-16-19(12-22,18(24)25)7-2-9-21-16/h1,3-5,8,11,16,21H,2,6-7,9-10,12H2,(H,24,25)/t16-,19+/m1/s1. The van der Waals surface area contributed by atoms with E-state index in [9.17, 15) is 14.7 Å². The molecule has 0 saturated carbocycles. The first-order chi connectivity index (χ1) is 12.1. The van der Waals surface area contributed by atoms with Crippen LogP contribution in [0.15, 0.2) is 36.5 Å². The third-order valence-corrected chi connectivity index (χ3v) is 5.58. The second kappa shape index (κ2) is 6.11. The second-order valence-corrected chi connectivity index (χ2v) is 7.00. The molecule has 25 heavy (non-hydrogen) atoms. The smallest absolute Gasteiger partial charge is 0.313 e. The Morgan fingerprint density at radius 3 is 3.04 bits per heavy atom. The molecule has 0 bridgehead atoms. The molecule has 2 N–H and O–H groups in total. The average Bonchev–Trinajstić information content (AvgIpc) is 2.66. The molecule has 0 radical (unpaired) electrons. The van der Waals surface area contributed by atoms with E-state index < -0.39 is 11.4 Å². The van der Waals surface area contributed by atoms with Gasteiger partial charge in [0.25, 0.3) is 5.91 Å². The van der Waals surface area contributed by atoms with Gasteiger partial charge in [-0.05, 0) is 50.1 Å². The van der Waals surface area contributed by atoms with Gasteiger partial charge in [0.15, 0.2) is 0 Å². The Kier molecular flexibility index (Phi) is 3.92. The predicted molar refractivity (Wildman–Crippen MR) is 93.4 cm³/mol. The zero-order chi connectivity index (χ0) is 17.4. The normalized spacial score (nSPS) is 26.2. The summed E-state index contributed by atoms with van der Waals surface area (Å²) < 4.78 is 0. The summed E-state index contributed by atoms with van der Waals surface area (Å²) in [5, 5.41) is 14.1. The molecular weight excluding hydrogens is 318 g/mol. The van der Waals surface area contributed by atoms with Crippen LogP contribution in [0.4, 0.5) is 0 Å². The summed E-state index contributed by atoms with van der Waals surface area (Å²) in [4.78, 5) is 31.0. The lowest BCUT2D eigenvalue weighted by Gasteiger charge is -2.48. The number of rotatable bonds is 2. The number of nitrogens with one attached hydrogen (secondary N) is 1. The van der Waals surface area contributed by atoms with Gasteiger partial charge < -0.3 is 15.3 Å². The molecule has 2 saturated heterocycles. The van der Waals surface area contributed by atoms with Crippen molar-refractivity contribution in [1.82, 2.24) is 15.2 Å². The van der Waals surface area contributed by atoms with Gasteiger partial charge in [-0.3, -0.25) is 14.6 Å². The van der Waals surface area contributed by atoms with Crippen LogP contribution in [0.25, 0.3) is 10.9 Å². The van der Waals surface area contributed by atoms with Crippen molar-refractivity contribution in [3.8, 4) is 0 Å². The number of aliphatic carboxylic acids is 1. The molecule has 2 aliphatic rings. The molecule has 130 valence electrons. The van der Waals surface area contributed by atoms with Crippen molar-refractivity contribution in [2.24, 2.45) is 5.41 Å². The highest BCUT2D eigenvalue weighted by atomic mass is 16.4. The zero-order valence-corrected chi connectivity index (χ0v) is 13.9. The van der Waals surface area contributed by atoms with E-state index in [0.717, 1.165) is 23.9 Å². The Morgan fingerprint density at radius 1 is 1.32 bits per heavy atom. The first-order valence-corrected chi connectivity index (χ1v) is 8.71. The number of aromatic nitrogens is 1. The Balaban J connectivity index is 1.62. The second-order valence-electron chi connectivity index (χ2n) is 7.00. The number of hydrogen-bond acceptors (Lipinski definition) is 4. The maximum absolute atomic E-state index is 13.0. The fraction of sp³-hybridized carbons (Fsp3) is 0.421. The maximum atomic E-state index is 13.0. The van der Waals surface area contributed by atoms with Crippen LogP contribution in [0.3, 0.4) is 0 Å². The third-order valence-electron chi connectivity index (χ3n) is 5.58. The van der Waals surface area contributed by atoms with Crippen LogP contribution >= 0.6 is 0 Å². The van der Waals surface area contributed by atoms with E-state index in [0.29, 0.717) is 24.9 Å². The van der Waals surface area contributed by atoms with Crippen molar-refractivity contribution in [2.45, 2.75) is 25.3 Å². The summed E-state index contributed by atoms with van der Waals surface area (Å²) in [6, 6.07) is 9.16. The minimum absolute atomic E-state index is 0.0522. The molecule has 1 aromatic heterocycles. The van der Waals surface area contributed by atoms with E-state index in [1.165, 1.54) is 0 Å². The number of nitrogens with zero attached hydrogens (tertiary/aromatic N) is 2. The number of carbonyl (C=O) groups is 2. The maximum Gasteiger partial charge on any atom is 0.313 e. The number of likely N-dealkylation sites (tertiary alicyclic amines) is 1. The van der Waals surface area contributed by atoms with Gasteiger partial charge in [0.1, 0.15) is 5.41 Å². The molecule has 4 rings (SSSR count). The molecule has 0 unspecified atom stereocenters. The Hall–Kier alpha value is -2.47. The van der Waals surface area contributed by atoms with Crippen LogP contribution in [0.1, 0.15) is 29.6 Å². The van der Waals surface area contributed by atoms with Gasteiger partial charge in [-0.25, -0.2) is 0 Å². The molecule has 6 heteroatoms. The van der Waals surface area contributed by atoms with Crippen LogP contribution < -0.4 is 5.32 Å². The summed E-state index contributed by atoms with van der Waals surface area (Å²) in [6.45, 7) is 1.70. The molecule has 6 nitrogen and oxygen atoms in total. The molecule has 0 aliphatic carbocycles. The summed E-state index contributed by atoms with van der Waals surface area (Å²) >= 11 is 0. The number of piperidine rings is 2. The highest BCUT2D eigenvalue weighted by Gasteiger charge is 2.51. The van der Waals surface area contributed by atoms with Gasteiger partial charge in [0, 0.05) is 36.3 Å². The van der Waals surface area contributed by atoms with E-state index in [-0.39, 0.29) is 18.5 Å². The average molecular weight is 339 g/mol. The Labute approximate surface area is 145 Å². The van der Waals surface area contributed by atoms with Crippen molar-refractivity contribution in [3.05, 3.63) is 42.1 Å². The first kappa shape index (κ1) is 16.0. The predicted octanol–water partition coefficient (Wildman–Crippen LogP) is 1.90. The molecule has 3 heterocycles. The van der Waals surface area contributed by atoms with Crippen molar-refractivity contribution < 1.29 is 14.7 Å². The largest absolute Gasteiger partial charge is 0.481 e. The van der Waals surface area contributed by atoms with E-state index >= 15 is 0 Å². The fourth-order valence-corrected chi connectivity index (χ4v) is 4.21. The monoisotopic (exact) mass is 339 g/mol. The summed E-state index contributed by atoms with van der Waals surface area (Å²) in [6.07, 6.45) is 3.84. The number of carbonyl (C=O) groups excluding carboxylic acids is 1. The van der Waals surface area contributed by atoms with Gasteiger partial charge >= 0.3 is 5.97 Å². The van der Waals surface area contributed by atoms with E-state index in [2.05, 4.69) is 10.3 Å². The van der Waals surface area contributed by atoms with Gasteiger partial charge in [-0.1, -0.05) is 6.07 Å². The summed E-state index contributed by atoms with van der Waals surface area (Å²) in [5.41, 5.74) is 0.560. The first-order valence-electron chi connectivity index (χ1n) is 8.71. The lowest BCUT2D eigenvalue weighted by atomic mass is 9.70. The van der Waals surface area contributed by atoms with Crippen molar-refractivity contribution in [2.75, 3.05) is 19.6 Å². The molecular formula is C19H21N3O3. The van der Waals surface area contributed by atoms with Crippen LogP contribution in [-0.2, 0) is 4.79 Å². The van der Waals surface area contributed by atoms with Crippen LogP contribution in [-0.4, -0.2) is 52.5 Å². The Morgan fingerprint density at radius 2 is 2.20 bits per heavy atom. The highest BCUT2D eigenvalue weighted by Crippen LogP contribution is 2.38. The lowest BCUT2D eigenvalue weighted by molar-refractivity contribution is -0.156. The minimum Gasteiger partial charge on any atom is -0.481 e. The Bertz CT molecular complexity index is 838. The van der Waals surface area contributed by atoms with Crippen molar-refractivity contribution in [1.29, 1.82) is 0 Å². The topological polar surface area (TPSA) is 82.5 Å². The van der Waals surface area contributed by atoms with Gasteiger partial charge in [-0.2, -0.15) is 0 Å². The van der Waals surface area contributed by atoms with Gasteiger partial charge in [-0.15, -0.1) is 0 Å². The van der Waals surface area contributed by atoms with Gasteiger partial charge in [0.2, 0.25) is 0 Å². The number of carboxylic acid groups (broad SMARTS) is 1. The van der Waals surface area contributed by atoms with Crippen molar-refractivity contribution in [3.63, 3.8) is 0 Å². The highest BCUT2D eigenvalue weighted by molar-refractivity contribution is 5.98. The van der Waals surface area contributed by atoms with E-state index in [1.807, 2.05) is 24.3 Å². The number of hydrogen-bond donors (Lipinski definition) is 2. The molecule has 2 aliphatic heterocycles. The number of pyridine rings is 1.